The summed E-state index contributed by atoms with van der Waals surface area (Å²) in [5.41, 5.74) is 12.2. The second-order valence-corrected chi connectivity index (χ2v) is 10.3. The molecule has 0 saturated carbocycles. The van der Waals surface area contributed by atoms with Crippen molar-refractivity contribution in [2.24, 2.45) is 11.5 Å². The molecule has 0 radical (unpaired) electrons. The second kappa shape index (κ2) is 24.8. The maximum Gasteiger partial charge on any atom is 0.245 e. The highest BCUT2D eigenvalue weighted by Crippen LogP contribution is 2.21. The average molecular weight is 479 g/mol. The maximum atomic E-state index is 12.0. The number of unbranched alkanes of at least 4 members (excludes halogenated alkanes) is 20. The fourth-order valence-corrected chi connectivity index (χ4v) is 4.78. The van der Waals surface area contributed by atoms with Crippen molar-refractivity contribution in [3.63, 3.8) is 0 Å². The van der Waals surface area contributed by atoms with Crippen LogP contribution in [0.3, 0.4) is 0 Å². The van der Waals surface area contributed by atoms with E-state index in [0.717, 1.165) is 25.7 Å². The second-order valence-electron chi connectivity index (χ2n) is 10.3. The molecule has 0 spiro atoms. The van der Waals surface area contributed by atoms with E-state index in [1.165, 1.54) is 116 Å². The van der Waals surface area contributed by atoms with Crippen LogP contribution >= 0.6 is 0 Å². The van der Waals surface area contributed by atoms with E-state index < -0.39 is 11.8 Å². The van der Waals surface area contributed by atoms with Crippen LogP contribution < -0.4 is 11.5 Å². The van der Waals surface area contributed by atoms with Gasteiger partial charge in [-0.25, -0.2) is 0 Å². The first-order valence-corrected chi connectivity index (χ1v) is 14.9. The van der Waals surface area contributed by atoms with Gasteiger partial charge in [0.15, 0.2) is 0 Å². The lowest BCUT2D eigenvalue weighted by molar-refractivity contribution is -0.117. The van der Waals surface area contributed by atoms with Gasteiger partial charge in [0.1, 0.15) is 0 Å². The van der Waals surface area contributed by atoms with Gasteiger partial charge in [-0.2, -0.15) is 0 Å². The minimum atomic E-state index is -0.469. The molecule has 0 aliphatic heterocycles. The predicted molar refractivity (Wildman–Crippen MR) is 148 cm³/mol. The van der Waals surface area contributed by atoms with E-state index >= 15 is 0 Å². The Morgan fingerprint density at radius 3 is 0.794 bits per heavy atom. The molecule has 0 aliphatic carbocycles. The van der Waals surface area contributed by atoms with Crippen LogP contribution in [0.2, 0.25) is 0 Å². The van der Waals surface area contributed by atoms with Gasteiger partial charge in [-0.1, -0.05) is 142 Å². The molecule has 0 rings (SSSR count). The van der Waals surface area contributed by atoms with Crippen molar-refractivity contribution >= 4 is 11.8 Å². The molecule has 4 N–H and O–H groups in total. The van der Waals surface area contributed by atoms with Crippen LogP contribution in [0, 0.1) is 0 Å². The van der Waals surface area contributed by atoms with Gasteiger partial charge in [0, 0.05) is 11.1 Å². The summed E-state index contributed by atoms with van der Waals surface area (Å²) >= 11 is 0. The van der Waals surface area contributed by atoms with Gasteiger partial charge in [0.05, 0.1) is 0 Å². The molecule has 0 fully saturated rings. The third kappa shape index (κ3) is 20.1. The van der Waals surface area contributed by atoms with Gasteiger partial charge in [-0.15, -0.1) is 0 Å². The summed E-state index contributed by atoms with van der Waals surface area (Å²) in [4.78, 5) is 24.0. The smallest absolute Gasteiger partial charge is 0.245 e. The molecule has 2 amide bonds. The van der Waals surface area contributed by atoms with Crippen molar-refractivity contribution in [2.45, 2.75) is 168 Å². The van der Waals surface area contributed by atoms with E-state index in [1.54, 1.807) is 0 Å². The van der Waals surface area contributed by atoms with Crippen LogP contribution in [0.15, 0.2) is 11.1 Å². The van der Waals surface area contributed by atoms with Gasteiger partial charge >= 0.3 is 0 Å². The lowest BCUT2D eigenvalue weighted by Gasteiger charge is -2.11. The Hall–Kier alpha value is -1.32. The zero-order valence-electron chi connectivity index (χ0n) is 22.9. The highest BCUT2D eigenvalue weighted by atomic mass is 16.2. The standard InChI is InChI=1S/C30H58N2O2/c1-3-5-7-9-11-13-15-17-19-21-23-25-27(29(31)33)28(30(32)34)26-24-22-20-18-16-14-12-10-8-6-4-2/h3-26H2,1-2H3,(H2,31,33)(H2,32,34). The van der Waals surface area contributed by atoms with Gasteiger partial charge in [0.25, 0.3) is 0 Å². The van der Waals surface area contributed by atoms with Crippen LogP contribution in [0.4, 0.5) is 0 Å². The van der Waals surface area contributed by atoms with Crippen molar-refractivity contribution in [2.75, 3.05) is 0 Å². The summed E-state index contributed by atoms with van der Waals surface area (Å²) in [6.45, 7) is 4.51. The summed E-state index contributed by atoms with van der Waals surface area (Å²) in [6, 6.07) is 0. The Bertz CT molecular complexity index is 482. The normalized spacial score (nSPS) is 12.1. The minimum absolute atomic E-state index is 0.469. The Morgan fingerprint density at radius 1 is 0.382 bits per heavy atom. The molecule has 0 aromatic carbocycles. The number of rotatable bonds is 26. The van der Waals surface area contributed by atoms with Crippen molar-refractivity contribution in [3.8, 4) is 0 Å². The summed E-state index contributed by atoms with van der Waals surface area (Å²) in [5, 5.41) is 0. The first-order chi connectivity index (χ1) is 16.5. The Labute approximate surface area is 212 Å². The Kier molecular flexibility index (Phi) is 23.8. The molecule has 0 heterocycles. The molecule has 0 saturated heterocycles. The van der Waals surface area contributed by atoms with Crippen LogP contribution in [0.25, 0.3) is 0 Å². The molecule has 0 aromatic rings. The number of amides is 2. The summed E-state index contributed by atoms with van der Waals surface area (Å²) in [6.07, 6.45) is 28.8. The number of primary amides is 2. The van der Waals surface area contributed by atoms with Crippen LogP contribution in [-0.2, 0) is 9.59 Å². The lowest BCUT2D eigenvalue weighted by Crippen LogP contribution is -2.23. The summed E-state index contributed by atoms with van der Waals surface area (Å²) in [5.74, 6) is -0.937. The van der Waals surface area contributed by atoms with E-state index in [-0.39, 0.29) is 0 Å². The highest BCUT2D eigenvalue weighted by molar-refractivity contribution is 6.03. The third-order valence-electron chi connectivity index (χ3n) is 7.02. The minimum Gasteiger partial charge on any atom is -0.366 e. The van der Waals surface area contributed by atoms with Crippen molar-refractivity contribution in [3.05, 3.63) is 11.1 Å². The SMILES string of the molecule is CCCCCCCCCCCCCC(C(N)=O)=C(CCCCCCCCCCCCC)C(N)=O. The molecule has 0 aromatic heterocycles. The molecule has 34 heavy (non-hydrogen) atoms. The van der Waals surface area contributed by atoms with Crippen molar-refractivity contribution in [1.29, 1.82) is 0 Å². The largest absolute Gasteiger partial charge is 0.366 e. The van der Waals surface area contributed by atoms with E-state index in [0.29, 0.717) is 24.0 Å². The molecule has 0 aliphatic rings. The average Bonchev–Trinajstić information content (AvgIpc) is 2.81. The Balaban J connectivity index is 4.05. The maximum absolute atomic E-state index is 12.0. The predicted octanol–water partition coefficient (Wildman–Crippen LogP) is 8.66. The van der Waals surface area contributed by atoms with Gasteiger partial charge < -0.3 is 11.5 Å². The third-order valence-corrected chi connectivity index (χ3v) is 7.02. The fourth-order valence-electron chi connectivity index (χ4n) is 4.78. The topological polar surface area (TPSA) is 86.2 Å². The summed E-state index contributed by atoms with van der Waals surface area (Å²) in [7, 11) is 0. The molecule has 4 nitrogen and oxygen atoms in total. The van der Waals surface area contributed by atoms with E-state index in [9.17, 15) is 9.59 Å². The molecular formula is C30H58N2O2. The zero-order valence-corrected chi connectivity index (χ0v) is 22.9. The number of hydrogen-bond acceptors (Lipinski definition) is 2. The van der Waals surface area contributed by atoms with Gasteiger partial charge in [-0.05, 0) is 25.7 Å². The van der Waals surface area contributed by atoms with Crippen LogP contribution in [0.5, 0.6) is 0 Å². The molecule has 0 bridgehead atoms. The summed E-state index contributed by atoms with van der Waals surface area (Å²) < 4.78 is 0. The van der Waals surface area contributed by atoms with E-state index in [1.807, 2.05) is 0 Å². The first-order valence-electron chi connectivity index (χ1n) is 14.9. The van der Waals surface area contributed by atoms with Crippen LogP contribution in [0.1, 0.15) is 168 Å². The van der Waals surface area contributed by atoms with Crippen molar-refractivity contribution < 1.29 is 9.59 Å². The molecule has 0 unspecified atom stereocenters. The monoisotopic (exact) mass is 478 g/mol. The number of hydrogen-bond donors (Lipinski definition) is 2. The highest BCUT2D eigenvalue weighted by Gasteiger charge is 2.16. The van der Waals surface area contributed by atoms with Gasteiger partial charge in [0.2, 0.25) is 11.8 Å². The molecule has 4 heteroatoms. The van der Waals surface area contributed by atoms with Crippen LogP contribution in [-0.4, -0.2) is 11.8 Å². The fraction of sp³-hybridized carbons (Fsp3) is 0.867. The molecular weight excluding hydrogens is 420 g/mol. The Morgan fingerprint density at radius 2 is 0.588 bits per heavy atom. The first kappa shape index (κ1) is 32.7. The van der Waals surface area contributed by atoms with E-state index in [4.69, 9.17) is 11.5 Å². The van der Waals surface area contributed by atoms with E-state index in [2.05, 4.69) is 13.8 Å². The lowest BCUT2D eigenvalue weighted by atomic mass is 9.95. The zero-order chi connectivity index (χ0) is 25.3. The molecule has 0 atom stereocenters. The number of carbonyl (C=O) groups excluding carboxylic acids is 2. The number of carbonyl (C=O) groups is 2. The quantitative estimate of drug-likeness (QED) is 0.0962. The van der Waals surface area contributed by atoms with Crippen molar-refractivity contribution in [1.82, 2.24) is 0 Å². The molecule has 200 valence electrons. The number of nitrogens with two attached hydrogens (primary N) is 2. The van der Waals surface area contributed by atoms with Gasteiger partial charge in [-0.3, -0.25) is 9.59 Å².